The zero-order valence-corrected chi connectivity index (χ0v) is 8.66. The third kappa shape index (κ3) is 2.85. The number of hydrogen-bond acceptors (Lipinski definition) is 3. The summed E-state index contributed by atoms with van der Waals surface area (Å²) in [6.45, 7) is 0. The smallest absolute Gasteiger partial charge is 0.661 e. The topological polar surface area (TPSA) is 66.7 Å². The van der Waals surface area contributed by atoms with Crippen molar-refractivity contribution in [2.45, 2.75) is 0 Å². The quantitative estimate of drug-likeness (QED) is 0.434. The van der Waals surface area contributed by atoms with Gasteiger partial charge in [-0.25, -0.2) is 9.97 Å². The second-order valence-electron chi connectivity index (χ2n) is 1.40. The molecule has 0 radical (unpaired) electrons. The third-order valence-corrected chi connectivity index (χ3v) is 0.769. The largest absolute Gasteiger partial charge is 1.00 e. The molecule has 0 saturated heterocycles. The van der Waals surface area contributed by atoms with Crippen LogP contribution in [-0.2, 0) is 0 Å². The molecule has 0 saturated carbocycles. The zero-order chi connectivity index (χ0) is 6.69. The summed E-state index contributed by atoms with van der Waals surface area (Å²) >= 11 is 0. The normalized spacial score (nSPS) is 8.00. The maximum atomic E-state index is 10.2. The maximum Gasteiger partial charge on any atom is 1.00 e. The van der Waals surface area contributed by atoms with Gasteiger partial charge in [0.2, 0.25) is 0 Å². The molecule has 1 aromatic heterocycles. The SMILES string of the molecule is [K+].[NH-]C(=O)c1ncccn1. The summed E-state index contributed by atoms with van der Waals surface area (Å²) in [5, 5.41) is 0. The number of hydrogen-bond donors (Lipinski definition) is 0. The van der Waals surface area contributed by atoms with E-state index in [2.05, 4.69) is 9.97 Å². The number of nitrogens with one attached hydrogen (secondary N) is 1. The Kier molecular flexibility index (Phi) is 5.01. The minimum absolute atomic E-state index is 0. The fraction of sp³-hybridized carbons (Fsp3) is 0. The zero-order valence-electron chi connectivity index (χ0n) is 5.53. The van der Waals surface area contributed by atoms with E-state index >= 15 is 0 Å². The van der Waals surface area contributed by atoms with E-state index in [-0.39, 0.29) is 57.2 Å². The van der Waals surface area contributed by atoms with Gasteiger partial charge in [0.1, 0.15) is 5.91 Å². The fourth-order valence-corrected chi connectivity index (χ4v) is 0.416. The molecule has 1 amide bonds. The van der Waals surface area contributed by atoms with E-state index in [1.165, 1.54) is 12.4 Å². The van der Waals surface area contributed by atoms with Crippen molar-refractivity contribution in [1.29, 1.82) is 0 Å². The van der Waals surface area contributed by atoms with E-state index in [9.17, 15) is 4.79 Å². The predicted molar refractivity (Wildman–Crippen MR) is 30.7 cm³/mol. The number of rotatable bonds is 1. The molecule has 0 bridgehead atoms. The van der Waals surface area contributed by atoms with Crippen molar-refractivity contribution < 1.29 is 56.2 Å². The number of amides is 1. The van der Waals surface area contributed by atoms with Crippen molar-refractivity contribution in [2.24, 2.45) is 0 Å². The molecule has 0 aliphatic carbocycles. The van der Waals surface area contributed by atoms with Crippen molar-refractivity contribution in [3.05, 3.63) is 30.0 Å². The molecule has 0 aliphatic heterocycles. The molecule has 4 nitrogen and oxygen atoms in total. The third-order valence-electron chi connectivity index (χ3n) is 0.769. The Morgan fingerprint density at radius 2 is 1.90 bits per heavy atom. The number of carbonyl (C=O) groups excluding carboxylic acids is 1. The van der Waals surface area contributed by atoms with Gasteiger partial charge in [-0.05, 0) is 6.07 Å². The van der Waals surface area contributed by atoms with Crippen LogP contribution in [0.2, 0.25) is 0 Å². The van der Waals surface area contributed by atoms with Crippen molar-refractivity contribution in [3.63, 3.8) is 0 Å². The number of nitrogens with zero attached hydrogens (tertiary/aromatic N) is 2. The molecule has 10 heavy (non-hydrogen) atoms. The number of aromatic nitrogens is 2. The second-order valence-corrected chi connectivity index (χ2v) is 1.40. The van der Waals surface area contributed by atoms with E-state index in [0.717, 1.165) is 0 Å². The van der Waals surface area contributed by atoms with E-state index < -0.39 is 5.91 Å². The fourth-order valence-electron chi connectivity index (χ4n) is 0.416. The van der Waals surface area contributed by atoms with Crippen molar-refractivity contribution >= 4 is 5.91 Å². The Labute approximate surface area is 101 Å². The molecule has 5 heteroatoms. The van der Waals surface area contributed by atoms with Gasteiger partial charge in [0.15, 0.2) is 5.82 Å². The molecular formula is C5H4KN3O. The van der Waals surface area contributed by atoms with Gasteiger partial charge < -0.3 is 10.5 Å². The second kappa shape index (κ2) is 4.92. The standard InChI is InChI=1S/C5H5N3O.K/c6-4(9)5-7-2-1-3-8-5;/h1-3H,(H2,6,9);/q;+1/p-1. The first-order chi connectivity index (χ1) is 4.30. The van der Waals surface area contributed by atoms with E-state index in [1.54, 1.807) is 6.07 Å². The maximum absolute atomic E-state index is 10.2. The summed E-state index contributed by atoms with van der Waals surface area (Å²) in [6, 6.07) is 1.59. The van der Waals surface area contributed by atoms with Crippen LogP contribution in [0.25, 0.3) is 5.73 Å². The minimum atomic E-state index is -0.851. The van der Waals surface area contributed by atoms with Crippen LogP contribution in [0.1, 0.15) is 10.6 Å². The van der Waals surface area contributed by atoms with Crippen LogP contribution in [0.5, 0.6) is 0 Å². The van der Waals surface area contributed by atoms with Crippen LogP contribution in [0, 0.1) is 0 Å². The molecule has 0 aliphatic rings. The molecule has 1 rings (SSSR count). The first-order valence-electron chi connectivity index (χ1n) is 2.33. The molecule has 1 heterocycles. The van der Waals surface area contributed by atoms with Crippen molar-refractivity contribution in [1.82, 2.24) is 9.97 Å². The Morgan fingerprint density at radius 1 is 1.40 bits per heavy atom. The Balaban J connectivity index is 0.000000810. The molecule has 0 aromatic carbocycles. The van der Waals surface area contributed by atoms with Crippen LogP contribution in [0.4, 0.5) is 0 Å². The molecule has 1 aromatic rings. The van der Waals surface area contributed by atoms with Crippen molar-refractivity contribution in [3.8, 4) is 0 Å². The first-order valence-corrected chi connectivity index (χ1v) is 2.33. The summed E-state index contributed by atoms with van der Waals surface area (Å²) < 4.78 is 0. The predicted octanol–water partition coefficient (Wildman–Crippen LogP) is -2.33. The summed E-state index contributed by atoms with van der Waals surface area (Å²) in [4.78, 5) is 17.2. The van der Waals surface area contributed by atoms with Crippen LogP contribution < -0.4 is 51.4 Å². The van der Waals surface area contributed by atoms with Crippen LogP contribution in [-0.4, -0.2) is 15.9 Å². The summed E-state index contributed by atoms with van der Waals surface area (Å²) in [5.41, 5.74) is 6.55. The van der Waals surface area contributed by atoms with Crippen LogP contribution in [0.15, 0.2) is 18.5 Å². The van der Waals surface area contributed by atoms with Gasteiger partial charge in [-0.15, -0.1) is 0 Å². The van der Waals surface area contributed by atoms with Gasteiger partial charge in [0, 0.05) is 12.4 Å². The molecular weight excluding hydrogens is 157 g/mol. The Bertz CT molecular complexity index is 213. The van der Waals surface area contributed by atoms with Gasteiger partial charge in [-0.3, -0.25) is 0 Å². The van der Waals surface area contributed by atoms with Gasteiger partial charge in [0.25, 0.3) is 0 Å². The average molecular weight is 161 g/mol. The molecule has 1 N–H and O–H groups in total. The monoisotopic (exact) mass is 161 g/mol. The van der Waals surface area contributed by atoms with Crippen LogP contribution in [0.3, 0.4) is 0 Å². The van der Waals surface area contributed by atoms with E-state index in [4.69, 9.17) is 5.73 Å². The summed E-state index contributed by atoms with van der Waals surface area (Å²) in [6.07, 6.45) is 2.85. The molecule has 0 atom stereocenters. The van der Waals surface area contributed by atoms with Gasteiger partial charge in [-0.2, -0.15) is 0 Å². The first kappa shape index (κ1) is 10.2. The van der Waals surface area contributed by atoms with Gasteiger partial charge in [0.05, 0.1) is 0 Å². The molecule has 0 spiro atoms. The number of carbonyl (C=O) groups is 1. The molecule has 46 valence electrons. The molecule has 0 unspecified atom stereocenters. The average Bonchev–Trinajstić information content (AvgIpc) is 1.90. The van der Waals surface area contributed by atoms with Crippen LogP contribution >= 0.6 is 0 Å². The summed E-state index contributed by atoms with van der Waals surface area (Å²) in [5.74, 6) is -0.909. The minimum Gasteiger partial charge on any atom is -0.661 e. The Morgan fingerprint density at radius 3 is 2.20 bits per heavy atom. The van der Waals surface area contributed by atoms with Gasteiger partial charge in [-0.1, -0.05) is 0 Å². The summed E-state index contributed by atoms with van der Waals surface area (Å²) in [7, 11) is 0. The Hall–Kier alpha value is 0.186. The molecule has 0 fully saturated rings. The van der Waals surface area contributed by atoms with Crippen molar-refractivity contribution in [2.75, 3.05) is 0 Å². The van der Waals surface area contributed by atoms with E-state index in [1.807, 2.05) is 0 Å². The van der Waals surface area contributed by atoms with Gasteiger partial charge >= 0.3 is 51.4 Å². The van der Waals surface area contributed by atoms with E-state index in [0.29, 0.717) is 0 Å².